The zero-order valence-electron chi connectivity index (χ0n) is 18.7. The first-order valence-corrected chi connectivity index (χ1v) is 11.1. The molecule has 7 nitrogen and oxygen atoms in total. The molecule has 184 valence electrons. The van der Waals surface area contributed by atoms with Gasteiger partial charge >= 0.3 is 12.1 Å². The largest absolute Gasteiger partial charge is 0.494 e. The molecule has 0 atom stereocenters. The third kappa shape index (κ3) is 6.25. The van der Waals surface area contributed by atoms with E-state index >= 15 is 0 Å². The van der Waals surface area contributed by atoms with Gasteiger partial charge in [-0.3, -0.25) is 9.59 Å². The quantitative estimate of drug-likeness (QED) is 0.603. The second-order valence-corrected chi connectivity index (χ2v) is 7.86. The van der Waals surface area contributed by atoms with Gasteiger partial charge in [0.15, 0.2) is 0 Å². The van der Waals surface area contributed by atoms with E-state index in [-0.39, 0.29) is 32.1 Å². The van der Waals surface area contributed by atoms with Gasteiger partial charge in [-0.15, -0.1) is 0 Å². The molecule has 11 heteroatoms. The summed E-state index contributed by atoms with van der Waals surface area (Å²) in [4.78, 5) is 26.8. The molecule has 2 amide bonds. The van der Waals surface area contributed by atoms with E-state index < -0.39 is 12.1 Å². The van der Waals surface area contributed by atoms with Crippen LogP contribution in [0.3, 0.4) is 0 Å². The van der Waals surface area contributed by atoms with Gasteiger partial charge in [0.05, 0.1) is 23.9 Å². The molecule has 1 N–H and O–H groups in total. The monoisotopic (exact) mass is 499 g/mol. The average Bonchev–Trinajstić information content (AvgIpc) is 2.78. The first-order valence-electron chi connectivity index (χ1n) is 10.7. The molecule has 0 aliphatic carbocycles. The third-order valence-corrected chi connectivity index (χ3v) is 5.42. The van der Waals surface area contributed by atoms with Crippen molar-refractivity contribution in [1.82, 2.24) is 4.90 Å². The normalized spacial score (nSPS) is 14.1. The molecule has 1 aliphatic rings. The van der Waals surface area contributed by atoms with Crippen molar-refractivity contribution in [1.29, 1.82) is 0 Å². The smallest absolute Gasteiger partial charge is 0.471 e. The average molecular weight is 500 g/mol. The van der Waals surface area contributed by atoms with E-state index in [0.29, 0.717) is 46.7 Å². The molecule has 3 rings (SSSR count). The molecule has 0 saturated carbocycles. The fourth-order valence-electron chi connectivity index (χ4n) is 3.58. The van der Waals surface area contributed by atoms with E-state index in [1.54, 1.807) is 41.3 Å². The number of ether oxygens (including phenoxy) is 2. The van der Waals surface area contributed by atoms with Crippen LogP contribution in [0.25, 0.3) is 0 Å². The Kier molecular flexibility index (Phi) is 8.14. The molecule has 0 spiro atoms. The maximum atomic E-state index is 12.8. The topological polar surface area (TPSA) is 71.1 Å². The molecule has 0 radical (unpaired) electrons. The van der Waals surface area contributed by atoms with Gasteiger partial charge in [0.25, 0.3) is 5.91 Å². The maximum absolute atomic E-state index is 12.8. The van der Waals surface area contributed by atoms with Crippen LogP contribution in [0, 0.1) is 0 Å². The Balaban J connectivity index is 1.68. The Morgan fingerprint density at radius 2 is 1.56 bits per heavy atom. The lowest BCUT2D eigenvalue weighted by molar-refractivity contribution is -0.185. The van der Waals surface area contributed by atoms with Crippen molar-refractivity contribution in [2.24, 2.45) is 0 Å². The van der Waals surface area contributed by atoms with Crippen molar-refractivity contribution < 1.29 is 32.2 Å². The Bertz CT molecular complexity index is 1020. The van der Waals surface area contributed by atoms with E-state index in [1.165, 1.54) is 0 Å². The van der Waals surface area contributed by atoms with Gasteiger partial charge in [0.2, 0.25) is 0 Å². The molecule has 2 aromatic carbocycles. The van der Waals surface area contributed by atoms with Crippen molar-refractivity contribution in [2.45, 2.75) is 20.0 Å². The van der Waals surface area contributed by atoms with E-state index in [2.05, 4.69) is 5.32 Å². The summed E-state index contributed by atoms with van der Waals surface area (Å²) in [6.07, 6.45) is -4.88. The third-order valence-electron chi connectivity index (χ3n) is 5.12. The number of hydrogen-bond donors (Lipinski definition) is 1. The predicted molar refractivity (Wildman–Crippen MR) is 123 cm³/mol. The second-order valence-electron chi connectivity index (χ2n) is 7.46. The minimum Gasteiger partial charge on any atom is -0.494 e. The van der Waals surface area contributed by atoms with Crippen LogP contribution < -0.4 is 19.7 Å². The van der Waals surface area contributed by atoms with Gasteiger partial charge in [-0.25, -0.2) is 0 Å². The zero-order valence-corrected chi connectivity index (χ0v) is 19.5. The number of anilines is 2. The molecule has 0 bridgehead atoms. The molecule has 1 fully saturated rings. The van der Waals surface area contributed by atoms with Crippen molar-refractivity contribution >= 4 is 34.8 Å². The number of nitrogens with one attached hydrogen (secondary N) is 1. The van der Waals surface area contributed by atoms with E-state index in [4.69, 9.17) is 21.1 Å². The van der Waals surface area contributed by atoms with E-state index in [1.807, 2.05) is 13.8 Å². The fraction of sp³-hybridized carbons (Fsp3) is 0.391. The first-order chi connectivity index (χ1) is 16.1. The summed E-state index contributed by atoms with van der Waals surface area (Å²) in [7, 11) is 0. The standard InChI is InChI=1S/C23H25ClF3N3O4/c1-3-33-17-11-15(12-18(14-17)34-4-2)21(31)28-16-5-6-20(19(24)13-16)29-7-9-30(10-8-29)22(32)23(25,26)27/h5-6,11-14H,3-4,7-10H2,1-2H3,(H,28,31). The van der Waals surface area contributed by atoms with Crippen molar-refractivity contribution in [3.05, 3.63) is 47.0 Å². The Hall–Kier alpha value is -3.14. The summed E-state index contributed by atoms with van der Waals surface area (Å²) in [5, 5.41) is 3.10. The molecule has 34 heavy (non-hydrogen) atoms. The lowest BCUT2D eigenvalue weighted by Gasteiger charge is -2.36. The van der Waals surface area contributed by atoms with Gasteiger partial charge in [-0.1, -0.05) is 11.6 Å². The highest BCUT2D eigenvalue weighted by atomic mass is 35.5. The lowest BCUT2D eigenvalue weighted by Crippen LogP contribution is -2.52. The fourth-order valence-corrected chi connectivity index (χ4v) is 3.88. The molecule has 0 aromatic heterocycles. The number of carbonyl (C=O) groups is 2. The number of hydrogen-bond acceptors (Lipinski definition) is 5. The second kappa shape index (κ2) is 10.9. The van der Waals surface area contributed by atoms with Gasteiger partial charge in [-0.2, -0.15) is 13.2 Å². The number of amides is 2. The molecular formula is C23H25ClF3N3O4. The molecule has 1 aliphatic heterocycles. The van der Waals surface area contributed by atoms with Crippen LogP contribution in [-0.4, -0.2) is 62.3 Å². The summed E-state index contributed by atoms with van der Waals surface area (Å²) >= 11 is 6.40. The van der Waals surface area contributed by atoms with E-state index in [9.17, 15) is 22.8 Å². The highest BCUT2D eigenvalue weighted by Crippen LogP contribution is 2.31. The Morgan fingerprint density at radius 3 is 2.06 bits per heavy atom. The predicted octanol–water partition coefficient (Wildman–Crippen LogP) is 4.60. The number of alkyl halides is 3. The molecule has 0 unspecified atom stereocenters. The summed E-state index contributed by atoms with van der Waals surface area (Å²) in [6, 6.07) is 9.83. The van der Waals surface area contributed by atoms with E-state index in [0.717, 1.165) is 4.90 Å². The Morgan fingerprint density at radius 1 is 0.971 bits per heavy atom. The van der Waals surface area contributed by atoms with Crippen LogP contribution >= 0.6 is 11.6 Å². The zero-order chi connectivity index (χ0) is 24.9. The number of rotatable bonds is 7. The van der Waals surface area contributed by atoms with Crippen molar-refractivity contribution in [3.8, 4) is 11.5 Å². The number of piperazine rings is 1. The van der Waals surface area contributed by atoms with Gasteiger partial charge in [0, 0.05) is 43.5 Å². The lowest BCUT2D eigenvalue weighted by atomic mass is 10.1. The van der Waals surface area contributed by atoms with Crippen LogP contribution in [0.1, 0.15) is 24.2 Å². The maximum Gasteiger partial charge on any atom is 0.471 e. The minimum atomic E-state index is -4.88. The number of benzene rings is 2. The summed E-state index contributed by atoms with van der Waals surface area (Å²) in [5.41, 5.74) is 1.40. The van der Waals surface area contributed by atoms with Crippen LogP contribution in [0.4, 0.5) is 24.5 Å². The number of carbonyl (C=O) groups excluding carboxylic acids is 2. The van der Waals surface area contributed by atoms with Crippen molar-refractivity contribution in [2.75, 3.05) is 49.6 Å². The summed E-state index contributed by atoms with van der Waals surface area (Å²) in [5.74, 6) is -1.20. The first kappa shape index (κ1) is 25.5. The van der Waals surface area contributed by atoms with Crippen LogP contribution in [0.5, 0.6) is 11.5 Å². The molecular weight excluding hydrogens is 475 g/mol. The highest BCUT2D eigenvalue weighted by Gasteiger charge is 2.43. The minimum absolute atomic E-state index is 0.0640. The van der Waals surface area contributed by atoms with Gasteiger partial charge in [-0.05, 0) is 44.2 Å². The molecule has 1 saturated heterocycles. The van der Waals surface area contributed by atoms with Crippen LogP contribution in [0.2, 0.25) is 5.02 Å². The van der Waals surface area contributed by atoms with Crippen LogP contribution in [0.15, 0.2) is 36.4 Å². The van der Waals surface area contributed by atoms with Crippen molar-refractivity contribution in [3.63, 3.8) is 0 Å². The molecule has 2 aromatic rings. The summed E-state index contributed by atoms with van der Waals surface area (Å²) < 4.78 is 48.9. The van der Waals surface area contributed by atoms with Gasteiger partial charge in [0.1, 0.15) is 11.5 Å². The molecule has 1 heterocycles. The Labute approximate surface area is 200 Å². The van der Waals surface area contributed by atoms with Gasteiger partial charge < -0.3 is 24.6 Å². The number of halogens is 4. The van der Waals surface area contributed by atoms with Crippen LogP contribution in [-0.2, 0) is 4.79 Å². The number of nitrogens with zero attached hydrogens (tertiary/aromatic N) is 2. The summed E-state index contributed by atoms with van der Waals surface area (Å²) in [6.45, 7) is 4.83. The SMILES string of the molecule is CCOc1cc(OCC)cc(C(=O)Nc2ccc(N3CCN(C(=O)C(F)(F)F)CC3)c(Cl)c2)c1. The highest BCUT2D eigenvalue weighted by molar-refractivity contribution is 6.33.